The summed E-state index contributed by atoms with van der Waals surface area (Å²) in [5.74, 6) is 0.821. The number of fused-ring (bicyclic) bond motifs is 6. The molecule has 0 saturated carbocycles. The summed E-state index contributed by atoms with van der Waals surface area (Å²) in [4.78, 5) is 10.6. The smallest absolute Gasteiger partial charge is 0.235 e. The third-order valence-electron chi connectivity index (χ3n) is 11.8. The zero-order valence-electron chi connectivity index (χ0n) is 32.3. The zero-order valence-corrected chi connectivity index (χ0v) is 32.3. The Hall–Kier alpha value is -7.87. The lowest BCUT2D eigenvalue weighted by molar-refractivity contribution is 0.996. The van der Waals surface area contributed by atoms with E-state index in [-0.39, 0.29) is 5.92 Å². The number of hydrogen-bond donors (Lipinski definition) is 0. The van der Waals surface area contributed by atoms with Crippen molar-refractivity contribution in [2.24, 2.45) is 0 Å². The SMILES string of the molecule is Cc1ccc2c(c1)-c1cc(-c3ccc4c5ccccc5n(-c5nc(-c6ccccc6)cc(-c6ccc(-c7ccc(C#N)cc7)cc6)n5)c4c3)ccc1C2c1ccccc1. The molecule has 4 heteroatoms. The van der Waals surface area contributed by atoms with E-state index in [4.69, 9.17) is 9.97 Å². The van der Waals surface area contributed by atoms with Crippen LogP contribution in [0, 0.1) is 18.3 Å². The molecule has 0 radical (unpaired) electrons. The van der Waals surface area contributed by atoms with E-state index in [1.54, 1.807) is 0 Å². The second-order valence-electron chi connectivity index (χ2n) is 15.4. The van der Waals surface area contributed by atoms with Gasteiger partial charge in [-0.25, -0.2) is 9.97 Å². The van der Waals surface area contributed by atoms with Crippen LogP contribution < -0.4 is 0 Å². The Morgan fingerprint density at radius 2 is 1.00 bits per heavy atom. The van der Waals surface area contributed by atoms with Crippen LogP contribution in [0.2, 0.25) is 0 Å². The van der Waals surface area contributed by atoms with E-state index in [1.807, 2.05) is 42.5 Å². The molecule has 0 spiro atoms. The van der Waals surface area contributed by atoms with Crippen LogP contribution in [-0.2, 0) is 0 Å². The van der Waals surface area contributed by atoms with E-state index in [2.05, 4.69) is 169 Å². The Labute approximate surface area is 343 Å². The van der Waals surface area contributed by atoms with Crippen LogP contribution >= 0.6 is 0 Å². The van der Waals surface area contributed by atoms with Gasteiger partial charge in [0.1, 0.15) is 0 Å². The van der Waals surface area contributed by atoms with E-state index in [9.17, 15) is 5.26 Å². The molecule has 1 atom stereocenters. The van der Waals surface area contributed by atoms with Crippen molar-refractivity contribution in [2.75, 3.05) is 0 Å². The molecular formula is C55H36N4. The molecule has 0 N–H and O–H groups in total. The minimum absolute atomic E-state index is 0.205. The van der Waals surface area contributed by atoms with Crippen molar-refractivity contribution in [1.29, 1.82) is 5.26 Å². The Balaban J connectivity index is 1.07. The van der Waals surface area contributed by atoms with Crippen LogP contribution in [0.1, 0.15) is 33.7 Å². The van der Waals surface area contributed by atoms with Crippen molar-refractivity contribution in [3.8, 4) is 67.9 Å². The zero-order chi connectivity index (χ0) is 39.5. The number of rotatable bonds is 6. The standard InChI is InChI=1S/C55H36N4/c1-35-16-27-46-48(30-35)49-31-42(26-29-47(49)54(46)41-12-6-3-7-13-41)43-25-28-45-44-14-8-9-15-52(44)59(53(45)32-43)55-57-50(39-10-4-2-5-11-39)33-51(58-55)40-23-21-38(22-24-40)37-19-17-36(34-56)18-20-37/h2-33,54H,1H3. The van der Waals surface area contributed by atoms with Crippen LogP contribution in [0.5, 0.6) is 0 Å². The predicted molar refractivity (Wildman–Crippen MR) is 240 cm³/mol. The van der Waals surface area contributed by atoms with Gasteiger partial charge in [0.15, 0.2) is 0 Å². The first-order chi connectivity index (χ1) is 29.1. The average Bonchev–Trinajstić information content (AvgIpc) is 3.81. The summed E-state index contributed by atoms with van der Waals surface area (Å²) in [6.45, 7) is 2.18. The van der Waals surface area contributed by atoms with Gasteiger partial charge in [-0.15, -0.1) is 0 Å². The van der Waals surface area contributed by atoms with Gasteiger partial charge in [-0.2, -0.15) is 5.26 Å². The summed E-state index contributed by atoms with van der Waals surface area (Å²) in [7, 11) is 0. The molecule has 0 bridgehead atoms. The number of nitrogens with zero attached hydrogens (tertiary/aromatic N) is 4. The van der Waals surface area contributed by atoms with E-state index in [1.165, 1.54) is 38.9 Å². The highest BCUT2D eigenvalue weighted by atomic mass is 15.2. The summed E-state index contributed by atoms with van der Waals surface area (Å²) in [6.07, 6.45) is 0. The van der Waals surface area contributed by atoms with E-state index < -0.39 is 0 Å². The maximum absolute atomic E-state index is 9.28. The number of aryl methyl sites for hydroxylation is 1. The summed E-state index contributed by atoms with van der Waals surface area (Å²) in [6, 6.07) is 70.9. The molecule has 59 heavy (non-hydrogen) atoms. The Kier molecular flexibility index (Phi) is 8.13. The highest BCUT2D eigenvalue weighted by Gasteiger charge is 2.30. The topological polar surface area (TPSA) is 54.5 Å². The molecule has 276 valence electrons. The van der Waals surface area contributed by atoms with Gasteiger partial charge in [-0.1, -0.05) is 163 Å². The van der Waals surface area contributed by atoms with Gasteiger partial charge in [0.05, 0.1) is 34.1 Å². The highest BCUT2D eigenvalue weighted by Crippen LogP contribution is 2.49. The van der Waals surface area contributed by atoms with Gasteiger partial charge in [0.2, 0.25) is 5.95 Å². The van der Waals surface area contributed by atoms with Gasteiger partial charge in [-0.3, -0.25) is 4.57 Å². The fraction of sp³-hybridized carbons (Fsp3) is 0.0364. The number of para-hydroxylation sites is 1. The lowest BCUT2D eigenvalue weighted by Crippen LogP contribution is -2.04. The molecule has 8 aromatic carbocycles. The minimum atomic E-state index is 0.205. The second kappa shape index (κ2) is 14.0. The second-order valence-corrected chi connectivity index (χ2v) is 15.4. The fourth-order valence-corrected chi connectivity index (χ4v) is 8.92. The molecule has 0 amide bonds. The third-order valence-corrected chi connectivity index (χ3v) is 11.8. The molecule has 1 aliphatic carbocycles. The Morgan fingerprint density at radius 1 is 0.458 bits per heavy atom. The largest absolute Gasteiger partial charge is 0.278 e. The summed E-state index contributed by atoms with van der Waals surface area (Å²) >= 11 is 0. The maximum atomic E-state index is 9.28. The molecule has 11 rings (SSSR count). The molecule has 0 fully saturated rings. The molecular weight excluding hydrogens is 717 g/mol. The van der Waals surface area contributed by atoms with Crippen molar-refractivity contribution < 1.29 is 0 Å². The van der Waals surface area contributed by atoms with E-state index in [0.717, 1.165) is 61.0 Å². The summed E-state index contributed by atoms with van der Waals surface area (Å²) < 4.78 is 2.23. The Bertz CT molecular complexity index is 3260. The van der Waals surface area contributed by atoms with E-state index in [0.29, 0.717) is 11.5 Å². The highest BCUT2D eigenvalue weighted by molar-refractivity contribution is 6.10. The fourth-order valence-electron chi connectivity index (χ4n) is 8.92. The van der Waals surface area contributed by atoms with Gasteiger partial charge in [-0.05, 0) is 93.4 Å². The molecule has 1 aliphatic rings. The molecule has 2 heterocycles. The maximum Gasteiger partial charge on any atom is 0.235 e. The van der Waals surface area contributed by atoms with Crippen molar-refractivity contribution in [1.82, 2.24) is 14.5 Å². The van der Waals surface area contributed by atoms with Crippen LogP contribution in [0.4, 0.5) is 0 Å². The molecule has 2 aromatic heterocycles. The van der Waals surface area contributed by atoms with Crippen LogP contribution in [0.25, 0.3) is 83.6 Å². The minimum Gasteiger partial charge on any atom is -0.278 e. The van der Waals surface area contributed by atoms with Gasteiger partial charge < -0.3 is 0 Å². The number of benzene rings is 8. The van der Waals surface area contributed by atoms with Crippen LogP contribution in [-0.4, -0.2) is 14.5 Å². The van der Waals surface area contributed by atoms with Gasteiger partial charge >= 0.3 is 0 Å². The first-order valence-electron chi connectivity index (χ1n) is 20.0. The lowest BCUT2D eigenvalue weighted by Gasteiger charge is -2.15. The Morgan fingerprint density at radius 3 is 1.73 bits per heavy atom. The van der Waals surface area contributed by atoms with Crippen molar-refractivity contribution in [3.05, 3.63) is 222 Å². The number of aromatic nitrogens is 3. The van der Waals surface area contributed by atoms with Gasteiger partial charge in [0.25, 0.3) is 0 Å². The van der Waals surface area contributed by atoms with Crippen molar-refractivity contribution >= 4 is 21.8 Å². The molecule has 0 aliphatic heterocycles. The molecule has 1 unspecified atom stereocenters. The first kappa shape index (κ1) is 34.4. The molecule has 10 aromatic rings. The lowest BCUT2D eigenvalue weighted by atomic mass is 9.88. The monoisotopic (exact) mass is 752 g/mol. The van der Waals surface area contributed by atoms with Gasteiger partial charge in [0, 0.05) is 27.8 Å². The normalized spacial score (nSPS) is 13.0. The summed E-state index contributed by atoms with van der Waals surface area (Å²) in [5, 5.41) is 11.6. The predicted octanol–water partition coefficient (Wildman–Crippen LogP) is 13.6. The quantitative estimate of drug-likeness (QED) is 0.170. The molecule has 0 saturated heterocycles. The number of hydrogen-bond acceptors (Lipinski definition) is 3. The van der Waals surface area contributed by atoms with Crippen LogP contribution in [0.15, 0.2) is 194 Å². The third kappa shape index (κ3) is 5.91. The summed E-state index contributed by atoms with van der Waals surface area (Å²) in [5.41, 5.74) is 18.8. The van der Waals surface area contributed by atoms with Crippen molar-refractivity contribution in [2.45, 2.75) is 12.8 Å². The molecule has 4 nitrogen and oxygen atoms in total. The van der Waals surface area contributed by atoms with E-state index >= 15 is 0 Å². The first-order valence-corrected chi connectivity index (χ1v) is 20.0. The van der Waals surface area contributed by atoms with Crippen molar-refractivity contribution in [3.63, 3.8) is 0 Å². The van der Waals surface area contributed by atoms with Crippen LogP contribution in [0.3, 0.4) is 0 Å². The number of nitriles is 1. The average molecular weight is 753 g/mol.